The number of amides is 5. The molecule has 4 aliphatic heterocycles. The molecular formula is C50H57ClFN9O10. The van der Waals surface area contributed by atoms with E-state index in [0.717, 1.165) is 80.3 Å². The number of aldehydes is 1. The van der Waals surface area contributed by atoms with Crippen molar-refractivity contribution in [1.82, 2.24) is 30.2 Å². The normalized spacial score (nSPS) is 21.5. The molecule has 1 saturated carbocycles. The number of fused-ring (bicyclic) bond motifs is 1. The fourth-order valence-corrected chi connectivity index (χ4v) is 10.4. The zero-order valence-corrected chi connectivity index (χ0v) is 40.1. The number of aliphatic carboxylic acids is 1. The molecule has 0 spiro atoms. The number of nitrogens with zero attached hydrogens (tertiary/aromatic N) is 8. The summed E-state index contributed by atoms with van der Waals surface area (Å²) in [7, 11) is 0. The maximum absolute atomic E-state index is 15.8. The fourth-order valence-electron chi connectivity index (χ4n) is 10.1. The lowest BCUT2D eigenvalue weighted by Crippen LogP contribution is -2.56. The summed E-state index contributed by atoms with van der Waals surface area (Å²) in [4.78, 5) is 97.2. The molecule has 0 radical (unpaired) electrons. The Hall–Kier alpha value is -6.56. The predicted molar refractivity (Wildman–Crippen MR) is 254 cm³/mol. The van der Waals surface area contributed by atoms with E-state index in [1.165, 1.54) is 6.07 Å². The van der Waals surface area contributed by atoms with Crippen LogP contribution >= 0.6 is 11.6 Å². The van der Waals surface area contributed by atoms with Crippen LogP contribution in [0.4, 0.5) is 15.9 Å². The molecule has 5 aliphatic rings. The molecule has 1 aliphatic carbocycles. The molecule has 4 fully saturated rings. The van der Waals surface area contributed by atoms with Gasteiger partial charge in [-0.3, -0.25) is 43.5 Å². The van der Waals surface area contributed by atoms with Crippen molar-refractivity contribution in [1.29, 1.82) is 5.26 Å². The minimum absolute atomic E-state index is 0.00915. The number of hydrogen-bond acceptors (Lipinski definition) is 15. The quantitative estimate of drug-likeness (QED) is 0.0914. The largest absolute Gasteiger partial charge is 0.490 e. The molecule has 5 heterocycles. The molecule has 5 amide bonds. The number of imide groups is 2. The molecule has 2 aromatic carbocycles. The Balaban J connectivity index is 0.771. The summed E-state index contributed by atoms with van der Waals surface area (Å²) < 4.78 is 27.6. The van der Waals surface area contributed by atoms with Crippen molar-refractivity contribution in [2.45, 2.75) is 108 Å². The molecule has 0 bridgehead atoms. The highest BCUT2D eigenvalue weighted by molar-refractivity contribution is 6.31. The number of carboxylic acid groups (broad SMARTS) is 1. The molecule has 2 atom stereocenters. The van der Waals surface area contributed by atoms with E-state index >= 15 is 4.39 Å². The Morgan fingerprint density at radius 1 is 0.901 bits per heavy atom. The molecule has 3 aromatic rings. The number of nitriles is 1. The van der Waals surface area contributed by atoms with Gasteiger partial charge in [-0.2, -0.15) is 5.26 Å². The molecule has 0 unspecified atom stereocenters. The van der Waals surface area contributed by atoms with Crippen LogP contribution in [0.2, 0.25) is 5.02 Å². The number of piperidine rings is 2. The molecule has 8 rings (SSSR count). The van der Waals surface area contributed by atoms with Crippen LogP contribution in [0, 0.1) is 23.1 Å². The number of benzene rings is 2. The van der Waals surface area contributed by atoms with Gasteiger partial charge in [0.05, 0.1) is 46.0 Å². The number of halogens is 2. The Bertz CT molecular complexity index is 2540. The number of ether oxygens (including phenoxy) is 2. The van der Waals surface area contributed by atoms with Gasteiger partial charge in [0.2, 0.25) is 5.91 Å². The maximum Gasteiger partial charge on any atom is 0.305 e. The highest BCUT2D eigenvalue weighted by Gasteiger charge is 2.48. The first kappa shape index (κ1) is 50.8. The lowest BCUT2D eigenvalue weighted by molar-refractivity contribution is -0.161. The number of carboxylic acids is 1. The maximum atomic E-state index is 15.8. The minimum atomic E-state index is -1.34. The van der Waals surface area contributed by atoms with E-state index in [9.17, 15) is 38.7 Å². The van der Waals surface area contributed by atoms with Gasteiger partial charge >= 0.3 is 5.97 Å². The number of anilines is 2. The zero-order chi connectivity index (χ0) is 50.2. The van der Waals surface area contributed by atoms with E-state index in [0.29, 0.717) is 73.5 Å². The number of rotatable bonds is 19. The Morgan fingerprint density at radius 3 is 2.30 bits per heavy atom. The lowest BCUT2D eigenvalue weighted by Gasteiger charge is -2.39. The molecule has 1 aromatic heterocycles. The third kappa shape index (κ3) is 12.1. The first-order valence-corrected chi connectivity index (χ1v) is 24.7. The van der Waals surface area contributed by atoms with Crippen molar-refractivity contribution in [2.24, 2.45) is 5.92 Å². The summed E-state index contributed by atoms with van der Waals surface area (Å²) in [5.41, 5.74) is 0.645. The van der Waals surface area contributed by atoms with Crippen molar-refractivity contribution in [3.8, 4) is 11.8 Å². The van der Waals surface area contributed by atoms with Crippen molar-refractivity contribution in [2.75, 3.05) is 62.3 Å². The van der Waals surface area contributed by atoms with Crippen LogP contribution in [0.3, 0.4) is 0 Å². The molecule has 21 heteroatoms. The Kier molecular flexibility index (Phi) is 16.5. The summed E-state index contributed by atoms with van der Waals surface area (Å²) in [6.45, 7) is 4.13. The lowest BCUT2D eigenvalue weighted by atomic mass is 9.93. The second-order valence-electron chi connectivity index (χ2n) is 18.8. The fraction of sp³-hybridized carbons (Fsp3) is 0.520. The van der Waals surface area contributed by atoms with Gasteiger partial charge in [-0.1, -0.05) is 18.0 Å². The summed E-state index contributed by atoms with van der Waals surface area (Å²) in [6.07, 6.45) is 5.70. The highest BCUT2D eigenvalue weighted by atomic mass is 35.5. The predicted octanol–water partition coefficient (Wildman–Crippen LogP) is 4.99. The van der Waals surface area contributed by atoms with Crippen LogP contribution in [0.25, 0.3) is 0 Å². The Morgan fingerprint density at radius 2 is 1.63 bits per heavy atom. The number of carbonyl (C=O) groups excluding carboxylic acids is 6. The number of piperazine rings is 1. The van der Waals surface area contributed by atoms with Crippen LogP contribution in [-0.4, -0.2) is 149 Å². The Labute approximate surface area is 415 Å². The first-order valence-electron chi connectivity index (χ1n) is 24.4. The second-order valence-corrected chi connectivity index (χ2v) is 19.2. The summed E-state index contributed by atoms with van der Waals surface area (Å²) in [5, 5.41) is 30.6. The summed E-state index contributed by atoms with van der Waals surface area (Å²) in [5.74, 6) is -3.35. The molecule has 71 heavy (non-hydrogen) atoms. The topological polar surface area (TPSA) is 236 Å². The van der Waals surface area contributed by atoms with Gasteiger partial charge in [0.1, 0.15) is 36.7 Å². The monoisotopic (exact) mass is 997 g/mol. The van der Waals surface area contributed by atoms with E-state index in [-0.39, 0.29) is 66.2 Å². The number of likely N-dealkylation sites (tertiary alicyclic amines) is 1. The number of unbranched alkanes of at least 4 members (excludes halogenated alkanes) is 2. The van der Waals surface area contributed by atoms with Crippen LogP contribution in [0.1, 0.15) is 120 Å². The van der Waals surface area contributed by atoms with Gasteiger partial charge < -0.3 is 34.5 Å². The first-order chi connectivity index (χ1) is 34.3. The summed E-state index contributed by atoms with van der Waals surface area (Å²) in [6, 6.07) is 11.7. The summed E-state index contributed by atoms with van der Waals surface area (Å²) >= 11 is 6.15. The molecule has 376 valence electrons. The number of carbonyl (C=O) groups is 7. The van der Waals surface area contributed by atoms with Gasteiger partial charge in [-0.25, -0.2) is 4.39 Å². The third-order valence-corrected chi connectivity index (χ3v) is 14.5. The van der Waals surface area contributed by atoms with Crippen LogP contribution in [0.5, 0.6) is 5.75 Å². The van der Waals surface area contributed by atoms with Crippen LogP contribution in [-0.2, 0) is 23.9 Å². The molecular weight excluding hydrogens is 941 g/mol. The van der Waals surface area contributed by atoms with Crippen molar-refractivity contribution in [3.63, 3.8) is 0 Å². The third-order valence-electron chi connectivity index (χ3n) is 14.1. The zero-order valence-electron chi connectivity index (χ0n) is 39.3. The van der Waals surface area contributed by atoms with Crippen LogP contribution in [0.15, 0.2) is 42.5 Å². The van der Waals surface area contributed by atoms with Gasteiger partial charge in [0, 0.05) is 70.8 Å². The van der Waals surface area contributed by atoms with Gasteiger partial charge in [0.15, 0.2) is 11.5 Å². The van der Waals surface area contributed by atoms with Gasteiger partial charge in [-0.05, 0) is 100 Å². The SMILES string of the molecule is N#Cc1ccc(OC2CCC(NC(=O)c3ccc(N4CCC(CN5CCN(c6cc7c(cc6F)C(=O)N([C@@H]6CCC(=O)N(CO[C@H](CCCCC=O)CC(=O)O)C6=O)C7=O)CC5)CC4)nn3)CC2)cc1Cl. The smallest absolute Gasteiger partial charge is 0.305 e. The highest BCUT2D eigenvalue weighted by Crippen LogP contribution is 2.35. The average molecular weight is 999 g/mol. The van der Waals surface area contributed by atoms with Gasteiger partial charge in [0.25, 0.3) is 23.6 Å². The van der Waals surface area contributed by atoms with E-state index in [4.69, 9.17) is 26.3 Å². The molecule has 3 saturated heterocycles. The van der Waals surface area contributed by atoms with E-state index < -0.39 is 54.3 Å². The van der Waals surface area contributed by atoms with Crippen molar-refractivity contribution in [3.05, 3.63) is 75.7 Å². The van der Waals surface area contributed by atoms with E-state index in [2.05, 4.69) is 25.3 Å². The minimum Gasteiger partial charge on any atom is -0.490 e. The number of nitrogens with one attached hydrogen (secondary N) is 1. The van der Waals surface area contributed by atoms with Crippen molar-refractivity contribution < 1.29 is 52.5 Å². The number of aromatic nitrogens is 2. The van der Waals surface area contributed by atoms with E-state index in [1.807, 2.05) is 17.0 Å². The van der Waals surface area contributed by atoms with Crippen LogP contribution < -0.4 is 19.9 Å². The molecule has 19 nitrogen and oxygen atoms in total. The molecule has 2 N–H and O–H groups in total. The standard InChI is InChI=1S/C50H57ClFN9O10/c51-39-24-36(8-5-32(39)28-53)71-34-9-6-33(7-10-34)54-47(66)41-11-13-44(56-55-41)59-17-15-31(16-18-59)29-57-19-21-58(22-20-57)43-27-38-37(26-40(43)52)48(67)61(49(38)68)42-12-14-45(63)60(50(42)69)30-70-35(25-46(64)65)4-2-1-3-23-62/h5,8,11,13,23-24,26-27,31,33-35,42H,1-4,6-7,9-10,12,14-22,25,29-30H2,(H,54,66)(H,64,65)/t33?,34?,35-,42-/m1/s1. The van der Waals surface area contributed by atoms with E-state index in [1.54, 1.807) is 24.3 Å². The second kappa shape index (κ2) is 23.1. The average Bonchev–Trinajstić information content (AvgIpc) is 3.60. The van der Waals surface area contributed by atoms with Gasteiger partial charge in [-0.15, -0.1) is 10.2 Å². The number of hydrogen-bond donors (Lipinski definition) is 2. The van der Waals surface area contributed by atoms with Crippen molar-refractivity contribution >= 4 is 64.9 Å².